The Bertz CT molecular complexity index is 461. The molecule has 0 nitrogen and oxygen atoms in total. The van der Waals surface area contributed by atoms with E-state index in [4.69, 9.17) is 0 Å². The maximum Gasteiger partial charge on any atom is 0.0342 e. The Kier molecular flexibility index (Phi) is 2.78. The molecule has 0 saturated heterocycles. The molecular weight excluding hydrogens is 386 g/mol. The third kappa shape index (κ3) is 1.83. The highest BCUT2D eigenvalue weighted by molar-refractivity contribution is 14.1. The van der Waals surface area contributed by atoms with Crippen LogP contribution in [0.3, 0.4) is 0 Å². The number of fused-ring (bicyclic) bond motifs is 1. The van der Waals surface area contributed by atoms with Crippen LogP contribution < -0.4 is 0 Å². The van der Waals surface area contributed by atoms with Crippen LogP contribution in [0.2, 0.25) is 0 Å². The van der Waals surface area contributed by atoms with Gasteiger partial charge < -0.3 is 0 Å². The summed E-state index contributed by atoms with van der Waals surface area (Å²) in [4.78, 5) is 0. The SMILES string of the molecule is Cc1ccc2c(I)c(I)ccc2c1. The molecule has 2 heteroatoms. The van der Waals surface area contributed by atoms with E-state index >= 15 is 0 Å². The summed E-state index contributed by atoms with van der Waals surface area (Å²) in [5, 5.41) is 2.70. The second-order valence-corrected chi connectivity index (χ2v) is 5.33. The summed E-state index contributed by atoms with van der Waals surface area (Å²) < 4.78 is 2.69. The number of rotatable bonds is 0. The molecule has 0 unspecified atom stereocenters. The molecular formula is C11H8I2. The molecule has 2 aromatic rings. The zero-order valence-corrected chi connectivity index (χ0v) is 11.5. The highest BCUT2D eigenvalue weighted by Gasteiger charge is 2.01. The molecule has 66 valence electrons. The smallest absolute Gasteiger partial charge is 0.0342 e. The number of aryl methyl sites for hydroxylation is 1. The zero-order chi connectivity index (χ0) is 9.42. The van der Waals surface area contributed by atoms with Gasteiger partial charge in [-0.15, -0.1) is 0 Å². The summed E-state index contributed by atoms with van der Waals surface area (Å²) in [5.41, 5.74) is 1.32. The maximum atomic E-state index is 2.41. The van der Waals surface area contributed by atoms with Gasteiger partial charge in [0.15, 0.2) is 0 Å². The Morgan fingerprint density at radius 2 is 1.77 bits per heavy atom. The molecule has 0 N–H and O–H groups in total. The predicted molar refractivity (Wildman–Crippen MR) is 74.1 cm³/mol. The van der Waals surface area contributed by atoms with Crippen LogP contribution in [0.15, 0.2) is 30.3 Å². The van der Waals surface area contributed by atoms with Crippen molar-refractivity contribution in [3.8, 4) is 0 Å². The minimum Gasteiger partial charge on any atom is -0.0586 e. The first-order valence-corrected chi connectivity index (χ1v) is 6.18. The van der Waals surface area contributed by atoms with Crippen LogP contribution in [0, 0.1) is 14.1 Å². The van der Waals surface area contributed by atoms with Crippen LogP contribution in [0.25, 0.3) is 10.8 Å². The van der Waals surface area contributed by atoms with Crippen LogP contribution >= 0.6 is 45.2 Å². The highest BCUT2D eigenvalue weighted by Crippen LogP contribution is 2.25. The Balaban J connectivity index is 2.87. The van der Waals surface area contributed by atoms with Crippen molar-refractivity contribution in [2.75, 3.05) is 0 Å². The standard InChI is InChI=1S/C11H8I2/c1-7-2-4-9-8(6-7)3-5-10(12)11(9)13/h2-6H,1H3. The molecule has 2 rings (SSSR count). The van der Waals surface area contributed by atoms with E-state index in [2.05, 4.69) is 82.4 Å². The molecule has 0 bridgehead atoms. The maximum absolute atomic E-state index is 2.41. The molecule has 0 aliphatic rings. The number of halogens is 2. The molecule has 0 spiro atoms. The van der Waals surface area contributed by atoms with Crippen LogP contribution in [0.1, 0.15) is 5.56 Å². The average Bonchev–Trinajstić information content (AvgIpc) is 2.12. The monoisotopic (exact) mass is 394 g/mol. The van der Waals surface area contributed by atoms with Gasteiger partial charge in [0, 0.05) is 7.14 Å². The lowest BCUT2D eigenvalue weighted by Gasteiger charge is -2.03. The van der Waals surface area contributed by atoms with E-state index < -0.39 is 0 Å². The molecule has 13 heavy (non-hydrogen) atoms. The molecule has 0 saturated carbocycles. The molecule has 0 fully saturated rings. The minimum atomic E-state index is 1.32. The van der Waals surface area contributed by atoms with Gasteiger partial charge in [-0.3, -0.25) is 0 Å². The van der Waals surface area contributed by atoms with Crippen molar-refractivity contribution in [3.63, 3.8) is 0 Å². The van der Waals surface area contributed by atoms with Crippen molar-refractivity contribution in [1.82, 2.24) is 0 Å². The van der Waals surface area contributed by atoms with E-state index in [-0.39, 0.29) is 0 Å². The van der Waals surface area contributed by atoms with E-state index in [1.165, 1.54) is 23.5 Å². The van der Waals surface area contributed by atoms with Crippen LogP contribution in [0.4, 0.5) is 0 Å². The summed E-state index contributed by atoms with van der Waals surface area (Å²) in [5.74, 6) is 0. The van der Waals surface area contributed by atoms with Crippen molar-refractivity contribution >= 4 is 56.0 Å². The van der Waals surface area contributed by atoms with Gasteiger partial charge >= 0.3 is 0 Å². The topological polar surface area (TPSA) is 0 Å². The number of benzene rings is 2. The first-order valence-electron chi connectivity index (χ1n) is 4.03. The van der Waals surface area contributed by atoms with E-state index in [0.717, 1.165) is 0 Å². The number of hydrogen-bond donors (Lipinski definition) is 0. The number of hydrogen-bond acceptors (Lipinski definition) is 0. The largest absolute Gasteiger partial charge is 0.0586 e. The molecule has 0 heterocycles. The van der Waals surface area contributed by atoms with E-state index in [1.807, 2.05) is 0 Å². The highest BCUT2D eigenvalue weighted by atomic mass is 127. The quantitative estimate of drug-likeness (QED) is 0.583. The van der Waals surface area contributed by atoms with Gasteiger partial charge in [-0.05, 0) is 68.9 Å². The van der Waals surface area contributed by atoms with Gasteiger partial charge in [0.25, 0.3) is 0 Å². The van der Waals surface area contributed by atoms with E-state index in [1.54, 1.807) is 0 Å². The summed E-state index contributed by atoms with van der Waals surface area (Å²) >= 11 is 4.78. The van der Waals surface area contributed by atoms with Crippen molar-refractivity contribution in [2.24, 2.45) is 0 Å². The molecule has 0 atom stereocenters. The molecule has 0 amide bonds. The molecule has 0 radical (unpaired) electrons. The fourth-order valence-corrected chi connectivity index (χ4v) is 2.53. The molecule has 0 aliphatic carbocycles. The van der Waals surface area contributed by atoms with Crippen molar-refractivity contribution in [1.29, 1.82) is 0 Å². The van der Waals surface area contributed by atoms with Crippen molar-refractivity contribution < 1.29 is 0 Å². The van der Waals surface area contributed by atoms with Crippen LogP contribution in [0.5, 0.6) is 0 Å². The third-order valence-corrected chi connectivity index (χ3v) is 5.16. The Morgan fingerprint density at radius 3 is 2.54 bits per heavy atom. The summed E-state index contributed by atoms with van der Waals surface area (Å²) in [7, 11) is 0. The first-order chi connectivity index (χ1) is 6.18. The fraction of sp³-hybridized carbons (Fsp3) is 0.0909. The fourth-order valence-electron chi connectivity index (χ4n) is 1.38. The first kappa shape index (κ1) is 9.71. The van der Waals surface area contributed by atoms with Gasteiger partial charge in [-0.2, -0.15) is 0 Å². The van der Waals surface area contributed by atoms with E-state index in [0.29, 0.717) is 0 Å². The Labute approximate surface area is 105 Å². The lowest BCUT2D eigenvalue weighted by atomic mass is 10.1. The predicted octanol–water partition coefficient (Wildman–Crippen LogP) is 4.36. The van der Waals surface area contributed by atoms with Gasteiger partial charge in [-0.25, -0.2) is 0 Å². The second-order valence-electron chi connectivity index (χ2n) is 3.09. The second kappa shape index (κ2) is 3.73. The van der Waals surface area contributed by atoms with Gasteiger partial charge in [0.1, 0.15) is 0 Å². The van der Waals surface area contributed by atoms with Gasteiger partial charge in [0.05, 0.1) is 0 Å². The third-order valence-electron chi connectivity index (χ3n) is 2.06. The minimum absolute atomic E-state index is 1.32. The van der Waals surface area contributed by atoms with E-state index in [9.17, 15) is 0 Å². The average molecular weight is 394 g/mol. The zero-order valence-electron chi connectivity index (χ0n) is 7.14. The van der Waals surface area contributed by atoms with Gasteiger partial charge in [0.2, 0.25) is 0 Å². The van der Waals surface area contributed by atoms with Crippen molar-refractivity contribution in [2.45, 2.75) is 6.92 Å². The lowest BCUT2D eigenvalue weighted by Crippen LogP contribution is -1.83. The summed E-state index contributed by atoms with van der Waals surface area (Å²) in [6, 6.07) is 11.0. The summed E-state index contributed by atoms with van der Waals surface area (Å²) in [6.07, 6.45) is 0. The lowest BCUT2D eigenvalue weighted by molar-refractivity contribution is 1.50. The Hall–Kier alpha value is 0.160. The Morgan fingerprint density at radius 1 is 1.00 bits per heavy atom. The molecule has 0 aromatic heterocycles. The van der Waals surface area contributed by atoms with Gasteiger partial charge in [-0.1, -0.05) is 29.8 Å². The molecule has 2 aromatic carbocycles. The van der Waals surface area contributed by atoms with Crippen LogP contribution in [-0.4, -0.2) is 0 Å². The molecule has 0 aliphatic heterocycles. The van der Waals surface area contributed by atoms with Crippen LogP contribution in [-0.2, 0) is 0 Å². The van der Waals surface area contributed by atoms with Crippen molar-refractivity contribution in [3.05, 3.63) is 43.0 Å². The normalized spacial score (nSPS) is 10.7. The summed E-state index contributed by atoms with van der Waals surface area (Å²) in [6.45, 7) is 2.13.